The molecule has 2 heteroatoms. The summed E-state index contributed by atoms with van der Waals surface area (Å²) < 4.78 is 5.61. The summed E-state index contributed by atoms with van der Waals surface area (Å²) in [5.74, 6) is 1.10. The molecule has 17 heavy (non-hydrogen) atoms. The number of benzene rings is 1. The van der Waals surface area contributed by atoms with Gasteiger partial charge in [-0.1, -0.05) is 31.4 Å². The topological polar surface area (TPSA) is 21.3 Å². The van der Waals surface area contributed by atoms with Crippen LogP contribution in [-0.4, -0.2) is 13.7 Å². The average Bonchev–Trinajstić information content (AvgIpc) is 2.39. The van der Waals surface area contributed by atoms with Gasteiger partial charge in [0.25, 0.3) is 0 Å². The van der Waals surface area contributed by atoms with Gasteiger partial charge in [-0.05, 0) is 24.5 Å². The lowest BCUT2D eigenvalue weighted by Gasteiger charge is -2.43. The van der Waals surface area contributed by atoms with E-state index in [-0.39, 0.29) is 0 Å². The monoisotopic (exact) mass is 231 g/mol. The highest BCUT2D eigenvalue weighted by molar-refractivity contribution is 5.47. The quantitative estimate of drug-likeness (QED) is 0.802. The first kappa shape index (κ1) is 11.1. The summed E-state index contributed by atoms with van der Waals surface area (Å²) in [6.07, 6.45) is 6.74. The van der Waals surface area contributed by atoms with Crippen molar-refractivity contribution >= 4 is 0 Å². The first-order chi connectivity index (χ1) is 8.36. The second-order valence-corrected chi connectivity index (χ2v) is 5.44. The van der Waals surface area contributed by atoms with Crippen LogP contribution >= 0.6 is 0 Å². The summed E-state index contributed by atoms with van der Waals surface area (Å²) in [5.41, 5.74) is 3.29. The Kier molecular flexibility index (Phi) is 2.83. The molecule has 0 radical (unpaired) electrons. The van der Waals surface area contributed by atoms with Crippen molar-refractivity contribution in [3.8, 4) is 5.75 Å². The Bertz CT molecular complexity index is 393. The van der Waals surface area contributed by atoms with E-state index >= 15 is 0 Å². The molecular weight excluding hydrogens is 210 g/mol. The van der Waals surface area contributed by atoms with E-state index in [2.05, 4.69) is 23.5 Å². The molecule has 3 rings (SSSR count). The van der Waals surface area contributed by atoms with Crippen LogP contribution in [0.2, 0.25) is 0 Å². The molecule has 0 unspecified atom stereocenters. The molecule has 0 atom stereocenters. The average molecular weight is 231 g/mol. The molecule has 0 aromatic heterocycles. The van der Waals surface area contributed by atoms with Crippen LogP contribution in [0.3, 0.4) is 0 Å². The molecule has 1 aliphatic heterocycles. The normalized spacial score (nSPS) is 22.2. The molecule has 1 spiro atoms. The van der Waals surface area contributed by atoms with Crippen molar-refractivity contribution in [1.82, 2.24) is 5.32 Å². The number of methoxy groups -OCH3 is 1. The lowest BCUT2D eigenvalue weighted by atomic mass is 9.66. The second kappa shape index (κ2) is 4.34. The molecule has 1 saturated carbocycles. The third-order valence-electron chi connectivity index (χ3n) is 4.45. The van der Waals surface area contributed by atoms with Gasteiger partial charge in [0.1, 0.15) is 5.75 Å². The van der Waals surface area contributed by atoms with Crippen LogP contribution < -0.4 is 10.1 Å². The largest absolute Gasteiger partial charge is 0.496 e. The molecule has 1 aromatic carbocycles. The van der Waals surface area contributed by atoms with Gasteiger partial charge in [0.2, 0.25) is 0 Å². The van der Waals surface area contributed by atoms with Crippen molar-refractivity contribution < 1.29 is 4.74 Å². The molecular formula is C15H21NO. The summed E-state index contributed by atoms with van der Waals surface area (Å²) in [6.45, 7) is 2.12. The lowest BCUT2D eigenvalue weighted by Crippen LogP contribution is -2.44. The van der Waals surface area contributed by atoms with Gasteiger partial charge < -0.3 is 10.1 Å². The van der Waals surface area contributed by atoms with Gasteiger partial charge in [0, 0.05) is 24.1 Å². The highest BCUT2D eigenvalue weighted by Gasteiger charge is 2.39. The van der Waals surface area contributed by atoms with Gasteiger partial charge in [-0.2, -0.15) is 0 Å². The summed E-state index contributed by atoms with van der Waals surface area (Å²) >= 11 is 0. The van der Waals surface area contributed by atoms with Crippen LogP contribution in [0.25, 0.3) is 0 Å². The first-order valence-electron chi connectivity index (χ1n) is 6.73. The molecule has 1 aromatic rings. The van der Waals surface area contributed by atoms with Crippen molar-refractivity contribution in [2.45, 2.75) is 44.1 Å². The molecule has 2 aliphatic rings. The van der Waals surface area contributed by atoms with E-state index in [4.69, 9.17) is 4.74 Å². The maximum atomic E-state index is 5.61. The first-order valence-corrected chi connectivity index (χ1v) is 6.73. The predicted molar refractivity (Wildman–Crippen MR) is 69.5 cm³/mol. The molecule has 0 bridgehead atoms. The number of fused-ring (bicyclic) bond motifs is 2. The van der Waals surface area contributed by atoms with E-state index in [1.807, 2.05) is 0 Å². The SMILES string of the molecule is COc1cccc2c1C1(CCCCC1)CNC2. The highest BCUT2D eigenvalue weighted by atomic mass is 16.5. The summed E-state index contributed by atoms with van der Waals surface area (Å²) in [7, 11) is 1.80. The lowest BCUT2D eigenvalue weighted by molar-refractivity contribution is 0.254. The second-order valence-electron chi connectivity index (χ2n) is 5.44. The van der Waals surface area contributed by atoms with Crippen LogP contribution in [0.5, 0.6) is 5.75 Å². The van der Waals surface area contributed by atoms with E-state index in [1.165, 1.54) is 43.2 Å². The third kappa shape index (κ3) is 1.75. The zero-order valence-electron chi connectivity index (χ0n) is 10.6. The van der Waals surface area contributed by atoms with Crippen molar-refractivity contribution in [1.29, 1.82) is 0 Å². The van der Waals surface area contributed by atoms with Crippen molar-refractivity contribution in [3.05, 3.63) is 29.3 Å². The van der Waals surface area contributed by atoms with E-state index in [0.717, 1.165) is 18.8 Å². The van der Waals surface area contributed by atoms with Gasteiger partial charge in [-0.15, -0.1) is 0 Å². The Morgan fingerprint density at radius 1 is 1.18 bits per heavy atom. The number of rotatable bonds is 1. The molecule has 92 valence electrons. The van der Waals surface area contributed by atoms with Crippen molar-refractivity contribution in [2.24, 2.45) is 0 Å². The standard InChI is InChI=1S/C15H21NO/c1-17-13-7-5-6-12-10-16-11-15(14(12)13)8-3-2-4-9-15/h5-7,16H,2-4,8-11H2,1H3. The van der Waals surface area contributed by atoms with Gasteiger partial charge in [0.05, 0.1) is 7.11 Å². The Hall–Kier alpha value is -1.02. The maximum Gasteiger partial charge on any atom is 0.122 e. The maximum absolute atomic E-state index is 5.61. The molecule has 0 saturated heterocycles. The van der Waals surface area contributed by atoms with E-state index < -0.39 is 0 Å². The van der Waals surface area contributed by atoms with Gasteiger partial charge in [-0.3, -0.25) is 0 Å². The summed E-state index contributed by atoms with van der Waals surface area (Å²) in [6, 6.07) is 6.49. The Labute approximate surface area is 103 Å². The number of ether oxygens (including phenoxy) is 1. The fourth-order valence-electron chi connectivity index (χ4n) is 3.68. The zero-order valence-corrected chi connectivity index (χ0v) is 10.6. The van der Waals surface area contributed by atoms with Gasteiger partial charge in [0.15, 0.2) is 0 Å². The smallest absolute Gasteiger partial charge is 0.122 e. The molecule has 2 nitrogen and oxygen atoms in total. The Balaban J connectivity index is 2.10. The minimum atomic E-state index is 0.346. The minimum Gasteiger partial charge on any atom is -0.496 e. The van der Waals surface area contributed by atoms with Crippen LogP contribution in [0, 0.1) is 0 Å². The fourth-order valence-corrected chi connectivity index (χ4v) is 3.68. The highest BCUT2D eigenvalue weighted by Crippen LogP contribution is 2.46. The molecule has 1 aliphatic carbocycles. The van der Waals surface area contributed by atoms with Crippen molar-refractivity contribution in [2.75, 3.05) is 13.7 Å². The van der Waals surface area contributed by atoms with Gasteiger partial charge in [-0.25, -0.2) is 0 Å². The minimum absolute atomic E-state index is 0.346. The van der Waals surface area contributed by atoms with E-state index in [0.29, 0.717) is 5.41 Å². The van der Waals surface area contributed by atoms with Crippen molar-refractivity contribution in [3.63, 3.8) is 0 Å². The van der Waals surface area contributed by atoms with Crippen LogP contribution in [-0.2, 0) is 12.0 Å². The van der Waals surface area contributed by atoms with E-state index in [9.17, 15) is 0 Å². The predicted octanol–water partition coefficient (Wildman–Crippen LogP) is 3.00. The zero-order chi connectivity index (χ0) is 11.7. The number of nitrogens with one attached hydrogen (secondary N) is 1. The Morgan fingerprint density at radius 2 is 2.00 bits per heavy atom. The molecule has 1 heterocycles. The number of hydrogen-bond acceptors (Lipinski definition) is 2. The Morgan fingerprint density at radius 3 is 2.76 bits per heavy atom. The summed E-state index contributed by atoms with van der Waals surface area (Å²) in [4.78, 5) is 0. The number of hydrogen-bond donors (Lipinski definition) is 1. The van der Waals surface area contributed by atoms with Crippen LogP contribution in [0.1, 0.15) is 43.2 Å². The molecule has 0 amide bonds. The molecule has 1 N–H and O–H groups in total. The summed E-state index contributed by atoms with van der Waals surface area (Å²) in [5, 5.41) is 3.60. The van der Waals surface area contributed by atoms with Crippen LogP contribution in [0.4, 0.5) is 0 Å². The third-order valence-corrected chi connectivity index (χ3v) is 4.45. The van der Waals surface area contributed by atoms with Crippen LogP contribution in [0.15, 0.2) is 18.2 Å². The fraction of sp³-hybridized carbons (Fsp3) is 0.600. The van der Waals surface area contributed by atoms with Gasteiger partial charge >= 0.3 is 0 Å². The molecule has 1 fully saturated rings. The van der Waals surface area contributed by atoms with E-state index in [1.54, 1.807) is 7.11 Å².